The van der Waals surface area contributed by atoms with Crippen LogP contribution in [0, 0.1) is 5.92 Å². The molecule has 1 aliphatic carbocycles. The molecule has 0 aromatic heterocycles. The smallest absolute Gasteiger partial charge is 0.319 e. The number of rotatable bonds is 4. The van der Waals surface area contributed by atoms with Crippen LogP contribution in [0.5, 0.6) is 0 Å². The summed E-state index contributed by atoms with van der Waals surface area (Å²) >= 11 is 0. The monoisotopic (exact) mass is 275 g/mol. The zero-order valence-corrected chi connectivity index (χ0v) is 11.7. The SMILES string of the molecule is CC(=O)Nc1cccc(NC(=O)NCC2CCCC2)c1. The summed E-state index contributed by atoms with van der Waals surface area (Å²) < 4.78 is 0. The maximum Gasteiger partial charge on any atom is 0.319 e. The minimum atomic E-state index is -0.197. The van der Waals surface area contributed by atoms with Crippen LogP contribution in [0.1, 0.15) is 32.6 Å². The first-order chi connectivity index (χ1) is 9.63. The van der Waals surface area contributed by atoms with Gasteiger partial charge < -0.3 is 16.0 Å². The molecule has 0 saturated heterocycles. The Labute approximate surface area is 119 Å². The Morgan fingerprint density at radius 1 is 1.15 bits per heavy atom. The van der Waals surface area contributed by atoms with E-state index in [0.717, 1.165) is 6.54 Å². The minimum absolute atomic E-state index is 0.132. The van der Waals surface area contributed by atoms with Crippen LogP contribution >= 0.6 is 0 Å². The number of urea groups is 1. The second-order valence-corrected chi connectivity index (χ2v) is 5.25. The second kappa shape index (κ2) is 6.93. The van der Waals surface area contributed by atoms with Gasteiger partial charge in [0, 0.05) is 24.8 Å². The average Bonchev–Trinajstić information content (AvgIpc) is 2.89. The third-order valence-corrected chi connectivity index (χ3v) is 3.47. The number of carbonyl (C=O) groups is 2. The molecule has 1 saturated carbocycles. The molecule has 0 heterocycles. The van der Waals surface area contributed by atoms with Crippen LogP contribution in [0.4, 0.5) is 16.2 Å². The van der Waals surface area contributed by atoms with Gasteiger partial charge in [0.1, 0.15) is 0 Å². The van der Waals surface area contributed by atoms with Crippen molar-refractivity contribution < 1.29 is 9.59 Å². The zero-order chi connectivity index (χ0) is 14.4. The molecule has 108 valence electrons. The van der Waals surface area contributed by atoms with E-state index >= 15 is 0 Å². The van der Waals surface area contributed by atoms with Crippen LogP contribution < -0.4 is 16.0 Å². The van der Waals surface area contributed by atoms with Gasteiger partial charge in [-0.2, -0.15) is 0 Å². The molecule has 1 aromatic rings. The fraction of sp³-hybridized carbons (Fsp3) is 0.467. The maximum atomic E-state index is 11.8. The average molecular weight is 275 g/mol. The highest BCUT2D eigenvalue weighted by atomic mass is 16.2. The molecular formula is C15H21N3O2. The molecular weight excluding hydrogens is 254 g/mol. The van der Waals surface area contributed by atoms with Gasteiger partial charge >= 0.3 is 6.03 Å². The summed E-state index contributed by atoms with van der Waals surface area (Å²) in [6.07, 6.45) is 4.95. The predicted molar refractivity (Wildman–Crippen MR) is 79.7 cm³/mol. The lowest BCUT2D eigenvalue weighted by Gasteiger charge is -2.12. The Balaban J connectivity index is 1.82. The number of carbonyl (C=O) groups excluding carboxylic acids is 2. The molecule has 2 rings (SSSR count). The summed E-state index contributed by atoms with van der Waals surface area (Å²) in [5.41, 5.74) is 1.34. The first-order valence-electron chi connectivity index (χ1n) is 7.06. The van der Waals surface area contributed by atoms with Gasteiger partial charge in [0.2, 0.25) is 5.91 Å². The summed E-state index contributed by atoms with van der Waals surface area (Å²) in [4.78, 5) is 22.8. The van der Waals surface area contributed by atoms with Crippen LogP contribution in [0.15, 0.2) is 24.3 Å². The van der Waals surface area contributed by atoms with Crippen molar-refractivity contribution in [3.63, 3.8) is 0 Å². The first kappa shape index (κ1) is 14.4. The van der Waals surface area contributed by atoms with Crippen molar-refractivity contribution in [3.8, 4) is 0 Å². The van der Waals surface area contributed by atoms with Crippen LogP contribution in [-0.2, 0) is 4.79 Å². The molecule has 1 fully saturated rings. The lowest BCUT2D eigenvalue weighted by Crippen LogP contribution is -2.32. The van der Waals surface area contributed by atoms with Crippen molar-refractivity contribution in [2.75, 3.05) is 17.2 Å². The molecule has 0 unspecified atom stereocenters. The normalized spacial score (nSPS) is 14.8. The molecule has 5 nitrogen and oxygen atoms in total. The molecule has 1 aliphatic rings. The van der Waals surface area contributed by atoms with Gasteiger partial charge in [-0.1, -0.05) is 18.9 Å². The molecule has 5 heteroatoms. The zero-order valence-electron chi connectivity index (χ0n) is 11.7. The summed E-state index contributed by atoms with van der Waals surface area (Å²) in [5, 5.41) is 8.36. The van der Waals surface area contributed by atoms with Gasteiger partial charge in [0.15, 0.2) is 0 Å². The molecule has 0 bridgehead atoms. The topological polar surface area (TPSA) is 70.2 Å². The standard InChI is InChI=1S/C15H21N3O2/c1-11(19)17-13-7-4-8-14(9-13)18-15(20)16-10-12-5-2-3-6-12/h4,7-9,12H,2-3,5-6,10H2,1H3,(H,17,19)(H2,16,18,20). The number of hydrogen-bond acceptors (Lipinski definition) is 2. The summed E-state index contributed by atoms with van der Waals surface area (Å²) in [7, 11) is 0. The highest BCUT2D eigenvalue weighted by Crippen LogP contribution is 2.23. The maximum absolute atomic E-state index is 11.8. The van der Waals surface area contributed by atoms with Crippen LogP contribution in [0.3, 0.4) is 0 Å². The quantitative estimate of drug-likeness (QED) is 0.790. The van der Waals surface area contributed by atoms with E-state index in [1.54, 1.807) is 24.3 Å². The molecule has 0 spiro atoms. The highest BCUT2D eigenvalue weighted by molar-refractivity contribution is 5.92. The predicted octanol–water partition coefficient (Wildman–Crippen LogP) is 2.96. The van der Waals surface area contributed by atoms with Crippen molar-refractivity contribution in [1.29, 1.82) is 0 Å². The second-order valence-electron chi connectivity index (χ2n) is 5.25. The van der Waals surface area contributed by atoms with E-state index in [9.17, 15) is 9.59 Å². The number of amides is 3. The van der Waals surface area contributed by atoms with Gasteiger partial charge in [0.05, 0.1) is 0 Å². The first-order valence-corrected chi connectivity index (χ1v) is 7.06. The highest BCUT2D eigenvalue weighted by Gasteiger charge is 2.15. The van der Waals surface area contributed by atoms with Crippen molar-refractivity contribution in [2.45, 2.75) is 32.6 Å². The number of benzene rings is 1. The van der Waals surface area contributed by atoms with Gasteiger partial charge in [-0.3, -0.25) is 4.79 Å². The molecule has 3 N–H and O–H groups in total. The van der Waals surface area contributed by atoms with Crippen molar-refractivity contribution in [3.05, 3.63) is 24.3 Å². The Morgan fingerprint density at radius 3 is 2.45 bits per heavy atom. The summed E-state index contributed by atoms with van der Waals surface area (Å²) in [5.74, 6) is 0.485. The van der Waals surface area contributed by atoms with Crippen molar-refractivity contribution in [2.24, 2.45) is 5.92 Å². The van der Waals surface area contributed by atoms with E-state index in [0.29, 0.717) is 17.3 Å². The molecule has 0 atom stereocenters. The Bertz CT molecular complexity index is 482. The Kier molecular flexibility index (Phi) is 4.98. The fourth-order valence-corrected chi connectivity index (χ4v) is 2.50. The fourth-order valence-electron chi connectivity index (χ4n) is 2.50. The van der Waals surface area contributed by atoms with Crippen LogP contribution in [0.25, 0.3) is 0 Å². The van der Waals surface area contributed by atoms with Gasteiger partial charge in [0.25, 0.3) is 0 Å². The molecule has 20 heavy (non-hydrogen) atoms. The third-order valence-electron chi connectivity index (χ3n) is 3.47. The molecule has 0 aliphatic heterocycles. The third kappa shape index (κ3) is 4.57. The van der Waals surface area contributed by atoms with Crippen molar-refractivity contribution >= 4 is 23.3 Å². The van der Waals surface area contributed by atoms with Gasteiger partial charge in [-0.05, 0) is 37.0 Å². The van der Waals surface area contributed by atoms with E-state index in [1.807, 2.05) is 0 Å². The van der Waals surface area contributed by atoms with E-state index in [2.05, 4.69) is 16.0 Å². The largest absolute Gasteiger partial charge is 0.338 e. The summed E-state index contributed by atoms with van der Waals surface area (Å²) in [6.45, 7) is 2.19. The van der Waals surface area contributed by atoms with Crippen molar-refractivity contribution in [1.82, 2.24) is 5.32 Å². The van der Waals surface area contributed by atoms with E-state index in [-0.39, 0.29) is 11.9 Å². The van der Waals surface area contributed by atoms with Gasteiger partial charge in [-0.15, -0.1) is 0 Å². The Morgan fingerprint density at radius 2 is 1.80 bits per heavy atom. The van der Waals surface area contributed by atoms with E-state index < -0.39 is 0 Å². The molecule has 3 amide bonds. The number of hydrogen-bond donors (Lipinski definition) is 3. The molecule has 1 aromatic carbocycles. The molecule has 0 radical (unpaired) electrons. The van der Waals surface area contributed by atoms with Crippen LogP contribution in [0.2, 0.25) is 0 Å². The van der Waals surface area contributed by atoms with E-state index in [4.69, 9.17) is 0 Å². The lowest BCUT2D eigenvalue weighted by molar-refractivity contribution is -0.114. The van der Waals surface area contributed by atoms with Crippen LogP contribution in [-0.4, -0.2) is 18.5 Å². The summed E-state index contributed by atoms with van der Waals surface area (Å²) in [6, 6.07) is 6.90. The van der Waals surface area contributed by atoms with E-state index in [1.165, 1.54) is 32.6 Å². The minimum Gasteiger partial charge on any atom is -0.338 e. The van der Waals surface area contributed by atoms with Gasteiger partial charge in [-0.25, -0.2) is 4.79 Å². The number of nitrogens with one attached hydrogen (secondary N) is 3. The Hall–Kier alpha value is -2.04. The lowest BCUT2D eigenvalue weighted by atomic mass is 10.1. The number of anilines is 2.